The number of thioether (sulfide) groups is 1. The molecule has 31 heavy (non-hydrogen) atoms. The molecule has 2 nitrogen and oxygen atoms in total. The van der Waals surface area contributed by atoms with E-state index in [2.05, 4.69) is 79.8 Å². The van der Waals surface area contributed by atoms with Crippen LogP contribution in [-0.4, -0.2) is 18.1 Å². The molecule has 1 aliphatic rings. The smallest absolute Gasteiger partial charge is 0.119 e. The lowest BCUT2D eigenvalue weighted by Gasteiger charge is -2.17. The van der Waals surface area contributed by atoms with Crippen LogP contribution in [0.3, 0.4) is 0 Å². The van der Waals surface area contributed by atoms with Gasteiger partial charge in [-0.05, 0) is 108 Å². The van der Waals surface area contributed by atoms with Crippen molar-refractivity contribution in [3.05, 3.63) is 82.9 Å². The first-order valence-electron chi connectivity index (χ1n) is 11.5. The highest BCUT2D eigenvalue weighted by Crippen LogP contribution is 2.38. The van der Waals surface area contributed by atoms with Crippen LogP contribution in [0, 0.1) is 6.92 Å². The molecule has 0 heterocycles. The Kier molecular flexibility index (Phi) is 7.58. The first-order chi connectivity index (χ1) is 15.2. The fourth-order valence-electron chi connectivity index (χ4n) is 4.40. The van der Waals surface area contributed by atoms with Gasteiger partial charge in [0.2, 0.25) is 0 Å². The molecule has 0 aliphatic heterocycles. The SMILES string of the molecule is CCSCCCOc1cc(C)c2c(c1)CCCc1ccc(CNc3ccccc3)cc1-2. The zero-order valence-corrected chi connectivity index (χ0v) is 19.6. The maximum atomic E-state index is 6.12. The van der Waals surface area contributed by atoms with Gasteiger partial charge in [-0.1, -0.05) is 37.3 Å². The highest BCUT2D eigenvalue weighted by atomic mass is 32.2. The summed E-state index contributed by atoms with van der Waals surface area (Å²) in [5.74, 6) is 3.39. The lowest BCUT2D eigenvalue weighted by atomic mass is 9.91. The Morgan fingerprint density at radius 3 is 2.65 bits per heavy atom. The van der Waals surface area contributed by atoms with Crippen molar-refractivity contribution < 1.29 is 4.74 Å². The molecule has 0 unspecified atom stereocenters. The number of fused-ring (bicyclic) bond motifs is 3. The number of benzene rings is 3. The van der Waals surface area contributed by atoms with Crippen LogP contribution < -0.4 is 10.1 Å². The van der Waals surface area contributed by atoms with E-state index in [1.165, 1.54) is 51.3 Å². The third-order valence-electron chi connectivity index (χ3n) is 5.90. The lowest BCUT2D eigenvalue weighted by Crippen LogP contribution is -2.02. The van der Waals surface area contributed by atoms with E-state index in [9.17, 15) is 0 Å². The molecule has 0 bridgehead atoms. The van der Waals surface area contributed by atoms with E-state index in [4.69, 9.17) is 4.74 Å². The minimum absolute atomic E-state index is 0.803. The zero-order valence-electron chi connectivity index (χ0n) is 18.7. The van der Waals surface area contributed by atoms with E-state index in [-0.39, 0.29) is 0 Å². The summed E-state index contributed by atoms with van der Waals surface area (Å²) in [6.45, 7) is 6.09. The molecule has 3 aromatic carbocycles. The first-order valence-corrected chi connectivity index (χ1v) is 12.6. The number of nitrogens with one attached hydrogen (secondary N) is 1. The van der Waals surface area contributed by atoms with Gasteiger partial charge in [0, 0.05) is 12.2 Å². The maximum Gasteiger partial charge on any atom is 0.119 e. The van der Waals surface area contributed by atoms with E-state index in [1.54, 1.807) is 0 Å². The molecule has 0 saturated carbocycles. The molecular weight excluding hydrogens is 398 g/mol. The van der Waals surface area contributed by atoms with Gasteiger partial charge in [-0.25, -0.2) is 0 Å². The van der Waals surface area contributed by atoms with Crippen LogP contribution in [0.1, 0.15) is 42.0 Å². The van der Waals surface area contributed by atoms with Crippen molar-refractivity contribution >= 4 is 17.4 Å². The third kappa shape index (κ3) is 5.65. The molecule has 0 saturated heterocycles. The summed E-state index contributed by atoms with van der Waals surface area (Å²) in [4.78, 5) is 0. The van der Waals surface area contributed by atoms with Crippen molar-refractivity contribution in [1.29, 1.82) is 0 Å². The minimum atomic E-state index is 0.803. The van der Waals surface area contributed by atoms with E-state index >= 15 is 0 Å². The van der Waals surface area contributed by atoms with Crippen LogP contribution in [0.4, 0.5) is 5.69 Å². The summed E-state index contributed by atoms with van der Waals surface area (Å²) in [6, 6.07) is 22.0. The number of ether oxygens (including phenoxy) is 1. The summed E-state index contributed by atoms with van der Waals surface area (Å²) < 4.78 is 6.12. The second-order valence-electron chi connectivity index (χ2n) is 8.24. The third-order valence-corrected chi connectivity index (χ3v) is 6.89. The quantitative estimate of drug-likeness (QED) is 0.360. The number of hydrogen-bond acceptors (Lipinski definition) is 3. The van der Waals surface area contributed by atoms with Gasteiger partial charge in [-0.2, -0.15) is 11.8 Å². The highest BCUT2D eigenvalue weighted by molar-refractivity contribution is 7.99. The molecule has 0 atom stereocenters. The summed E-state index contributed by atoms with van der Waals surface area (Å²) in [5.41, 5.74) is 9.54. The average molecular weight is 432 g/mol. The van der Waals surface area contributed by atoms with E-state index < -0.39 is 0 Å². The number of anilines is 1. The van der Waals surface area contributed by atoms with E-state index in [0.717, 1.165) is 43.9 Å². The Hall–Kier alpha value is -2.39. The van der Waals surface area contributed by atoms with Crippen LogP contribution in [0.2, 0.25) is 0 Å². The summed E-state index contributed by atoms with van der Waals surface area (Å²) in [5, 5.41) is 3.55. The predicted octanol–water partition coefficient (Wildman–Crippen LogP) is 7.28. The number of aryl methyl sites for hydroxylation is 3. The standard InChI is InChI=1S/C28H33NOS/c1-3-31-16-8-15-30-26-17-21(2)28-24(19-26)10-7-9-23-14-13-22(18-27(23)28)20-29-25-11-5-4-6-12-25/h4-6,11-14,17-19,29H,3,7-10,15-16,20H2,1-2H3. The normalized spacial score (nSPS) is 12.6. The molecule has 3 heteroatoms. The predicted molar refractivity (Wildman–Crippen MR) is 136 cm³/mol. The molecule has 0 fully saturated rings. The molecule has 0 radical (unpaired) electrons. The second-order valence-corrected chi connectivity index (χ2v) is 9.63. The monoisotopic (exact) mass is 431 g/mol. The fourth-order valence-corrected chi connectivity index (χ4v) is 5.01. The molecule has 0 amide bonds. The number of rotatable bonds is 9. The van der Waals surface area contributed by atoms with Crippen LogP contribution in [0.25, 0.3) is 11.1 Å². The topological polar surface area (TPSA) is 21.3 Å². The molecule has 4 rings (SSSR count). The van der Waals surface area contributed by atoms with Gasteiger partial charge >= 0.3 is 0 Å². The van der Waals surface area contributed by atoms with Gasteiger partial charge in [0.15, 0.2) is 0 Å². The maximum absolute atomic E-state index is 6.12. The summed E-state index contributed by atoms with van der Waals surface area (Å²) in [7, 11) is 0. The Balaban J connectivity index is 1.54. The first kappa shape index (κ1) is 21.8. The van der Waals surface area contributed by atoms with Crippen molar-refractivity contribution in [2.45, 2.75) is 46.1 Å². The van der Waals surface area contributed by atoms with Crippen LogP contribution in [0.5, 0.6) is 5.75 Å². The van der Waals surface area contributed by atoms with Crippen LogP contribution >= 0.6 is 11.8 Å². The van der Waals surface area contributed by atoms with Crippen molar-refractivity contribution in [1.82, 2.24) is 0 Å². The van der Waals surface area contributed by atoms with Crippen LogP contribution in [0.15, 0.2) is 60.7 Å². The minimum Gasteiger partial charge on any atom is -0.494 e. The Labute approximate surface area is 191 Å². The van der Waals surface area contributed by atoms with Gasteiger partial charge < -0.3 is 10.1 Å². The van der Waals surface area contributed by atoms with Gasteiger partial charge in [-0.15, -0.1) is 0 Å². The molecule has 162 valence electrons. The fraction of sp³-hybridized carbons (Fsp3) is 0.357. The molecule has 0 spiro atoms. The molecule has 1 N–H and O–H groups in total. The van der Waals surface area contributed by atoms with Gasteiger partial charge in [-0.3, -0.25) is 0 Å². The molecular formula is C28H33NOS. The van der Waals surface area contributed by atoms with Gasteiger partial charge in [0.25, 0.3) is 0 Å². The Bertz CT molecular complexity index is 999. The summed E-state index contributed by atoms with van der Waals surface area (Å²) >= 11 is 1.98. The van der Waals surface area contributed by atoms with Crippen molar-refractivity contribution in [2.75, 3.05) is 23.4 Å². The van der Waals surface area contributed by atoms with Crippen molar-refractivity contribution in [3.8, 4) is 16.9 Å². The highest BCUT2D eigenvalue weighted by Gasteiger charge is 2.18. The number of hydrogen-bond donors (Lipinski definition) is 1. The zero-order chi connectivity index (χ0) is 21.5. The van der Waals surface area contributed by atoms with Gasteiger partial charge in [0.1, 0.15) is 5.75 Å². The molecule has 3 aromatic rings. The van der Waals surface area contributed by atoms with E-state index in [1.807, 2.05) is 11.8 Å². The molecule has 0 aromatic heterocycles. The largest absolute Gasteiger partial charge is 0.494 e. The molecule has 1 aliphatic carbocycles. The second kappa shape index (κ2) is 10.8. The van der Waals surface area contributed by atoms with E-state index in [0.29, 0.717) is 0 Å². The summed E-state index contributed by atoms with van der Waals surface area (Å²) in [6.07, 6.45) is 4.55. The average Bonchev–Trinajstić information content (AvgIpc) is 2.97. The van der Waals surface area contributed by atoms with Crippen molar-refractivity contribution in [2.24, 2.45) is 0 Å². The van der Waals surface area contributed by atoms with Gasteiger partial charge in [0.05, 0.1) is 6.61 Å². The van der Waals surface area contributed by atoms with Crippen molar-refractivity contribution in [3.63, 3.8) is 0 Å². The lowest BCUT2D eigenvalue weighted by molar-refractivity contribution is 0.318. The number of para-hydroxylation sites is 1. The Morgan fingerprint density at radius 2 is 1.81 bits per heavy atom. The Morgan fingerprint density at radius 1 is 0.968 bits per heavy atom. The van der Waals surface area contributed by atoms with Crippen LogP contribution in [-0.2, 0) is 19.4 Å².